The fraction of sp³-hybridized carbons (Fsp3) is 0.462. The summed E-state index contributed by atoms with van der Waals surface area (Å²) in [5.41, 5.74) is 0.978. The van der Waals surface area contributed by atoms with Crippen LogP contribution in [0.3, 0.4) is 0 Å². The van der Waals surface area contributed by atoms with Gasteiger partial charge in [-0.1, -0.05) is 13.0 Å². The maximum Gasteiger partial charge on any atom is 0.319 e. The Hall–Kier alpha value is -2.15. The summed E-state index contributed by atoms with van der Waals surface area (Å²) in [5, 5.41) is 24.8. The van der Waals surface area contributed by atoms with Gasteiger partial charge in [0.2, 0.25) is 0 Å². The number of rotatable bonds is 6. The van der Waals surface area contributed by atoms with Crippen molar-refractivity contribution in [2.24, 2.45) is 0 Å². The molecular formula is C13H19N3O4. The molecule has 0 aliphatic heterocycles. The summed E-state index contributed by atoms with van der Waals surface area (Å²) in [6.07, 6.45) is 0.999. The molecule has 7 heteroatoms. The Morgan fingerprint density at radius 1 is 1.50 bits per heavy atom. The molecule has 0 unspecified atom stereocenters. The van der Waals surface area contributed by atoms with Crippen LogP contribution in [0.25, 0.3) is 0 Å². The molecule has 110 valence electrons. The highest BCUT2D eigenvalue weighted by Crippen LogP contribution is 2.23. The van der Waals surface area contributed by atoms with Gasteiger partial charge in [0.05, 0.1) is 4.92 Å². The Kier molecular flexibility index (Phi) is 5.92. The molecule has 0 heterocycles. The molecule has 2 amide bonds. The van der Waals surface area contributed by atoms with Gasteiger partial charge < -0.3 is 15.7 Å². The molecule has 0 saturated carbocycles. The molecule has 7 nitrogen and oxygen atoms in total. The number of carbonyl (C=O) groups is 1. The number of carbonyl (C=O) groups excluding carboxylic acids is 1. The number of anilines is 1. The average molecular weight is 281 g/mol. The summed E-state index contributed by atoms with van der Waals surface area (Å²) < 4.78 is 0. The average Bonchev–Trinajstić information content (AvgIpc) is 2.38. The van der Waals surface area contributed by atoms with Crippen LogP contribution in [0.1, 0.15) is 25.8 Å². The molecule has 0 fully saturated rings. The first-order valence-corrected chi connectivity index (χ1v) is 6.43. The fourth-order valence-corrected chi connectivity index (χ4v) is 1.77. The third kappa shape index (κ3) is 4.51. The molecule has 3 N–H and O–H groups in total. The number of hydrogen-bond donors (Lipinski definition) is 3. The van der Waals surface area contributed by atoms with Gasteiger partial charge in [0.25, 0.3) is 5.69 Å². The van der Waals surface area contributed by atoms with Gasteiger partial charge in [0, 0.05) is 30.0 Å². The number of urea groups is 1. The number of nitro benzene ring substituents is 1. The van der Waals surface area contributed by atoms with Crippen LogP contribution >= 0.6 is 0 Å². The molecule has 0 aromatic heterocycles. The van der Waals surface area contributed by atoms with Crippen molar-refractivity contribution in [3.63, 3.8) is 0 Å². The molecule has 0 bridgehead atoms. The lowest BCUT2D eigenvalue weighted by Crippen LogP contribution is -2.36. The first-order chi connectivity index (χ1) is 9.47. The zero-order valence-corrected chi connectivity index (χ0v) is 11.5. The first kappa shape index (κ1) is 15.9. The van der Waals surface area contributed by atoms with Gasteiger partial charge >= 0.3 is 6.03 Å². The predicted octanol–water partition coefficient (Wildman–Crippen LogP) is 2.05. The molecule has 0 spiro atoms. The third-order valence-electron chi connectivity index (χ3n) is 2.86. The monoisotopic (exact) mass is 281 g/mol. The van der Waals surface area contributed by atoms with Crippen molar-refractivity contribution in [1.82, 2.24) is 5.32 Å². The molecular weight excluding hydrogens is 262 g/mol. The molecule has 1 aromatic rings. The molecule has 1 rings (SSSR count). The quantitative estimate of drug-likeness (QED) is 0.548. The van der Waals surface area contributed by atoms with Crippen LogP contribution in [0.15, 0.2) is 18.2 Å². The highest BCUT2D eigenvalue weighted by molar-refractivity contribution is 5.89. The van der Waals surface area contributed by atoms with Crippen LogP contribution < -0.4 is 10.6 Å². The van der Waals surface area contributed by atoms with Crippen LogP contribution in [0.2, 0.25) is 0 Å². The summed E-state index contributed by atoms with van der Waals surface area (Å²) >= 11 is 0. The summed E-state index contributed by atoms with van der Waals surface area (Å²) in [6.45, 7) is 3.58. The number of nitrogens with one attached hydrogen (secondary N) is 2. The van der Waals surface area contributed by atoms with E-state index in [4.69, 9.17) is 5.11 Å². The maximum atomic E-state index is 11.7. The van der Waals surface area contributed by atoms with E-state index in [1.54, 1.807) is 19.1 Å². The van der Waals surface area contributed by atoms with Crippen LogP contribution in [-0.4, -0.2) is 28.7 Å². The second-order valence-corrected chi connectivity index (χ2v) is 4.47. The molecule has 0 aliphatic rings. The number of benzene rings is 1. The second kappa shape index (κ2) is 7.44. The number of aliphatic hydroxyl groups excluding tert-OH is 1. The number of amides is 2. The minimum absolute atomic E-state index is 0.00583. The summed E-state index contributed by atoms with van der Waals surface area (Å²) in [4.78, 5) is 22.1. The minimum atomic E-state index is -0.462. The van der Waals surface area contributed by atoms with E-state index in [9.17, 15) is 14.9 Å². The molecule has 1 atom stereocenters. The Morgan fingerprint density at radius 3 is 2.75 bits per heavy atom. The summed E-state index contributed by atoms with van der Waals surface area (Å²) in [6, 6.07) is 3.97. The van der Waals surface area contributed by atoms with Crippen molar-refractivity contribution in [2.75, 3.05) is 11.9 Å². The first-order valence-electron chi connectivity index (χ1n) is 6.43. The van der Waals surface area contributed by atoms with Crippen molar-refractivity contribution < 1.29 is 14.8 Å². The van der Waals surface area contributed by atoms with Gasteiger partial charge in [-0.3, -0.25) is 10.1 Å². The van der Waals surface area contributed by atoms with E-state index in [1.807, 2.05) is 6.92 Å². The van der Waals surface area contributed by atoms with Crippen molar-refractivity contribution in [3.8, 4) is 0 Å². The van der Waals surface area contributed by atoms with E-state index >= 15 is 0 Å². The second-order valence-electron chi connectivity index (χ2n) is 4.47. The molecule has 20 heavy (non-hydrogen) atoms. The normalized spacial score (nSPS) is 11.8. The van der Waals surface area contributed by atoms with E-state index in [1.165, 1.54) is 6.07 Å². The van der Waals surface area contributed by atoms with Crippen LogP contribution in [0, 0.1) is 10.1 Å². The van der Waals surface area contributed by atoms with E-state index in [2.05, 4.69) is 10.6 Å². The predicted molar refractivity (Wildman–Crippen MR) is 75.8 cm³/mol. The SMILES string of the molecule is CCc1ccc(NC(=O)N[C@H](C)CCO)cc1[N+](=O)[O-]. The fourth-order valence-electron chi connectivity index (χ4n) is 1.77. The Morgan fingerprint density at radius 2 is 2.20 bits per heavy atom. The standard InChI is InChI=1S/C13H19N3O4/c1-3-10-4-5-11(8-12(10)16(19)20)15-13(18)14-9(2)6-7-17/h4-5,8-9,17H,3,6-7H2,1-2H3,(H2,14,15,18)/t9-/m1/s1. The topological polar surface area (TPSA) is 104 Å². The zero-order valence-electron chi connectivity index (χ0n) is 11.5. The van der Waals surface area contributed by atoms with Crippen molar-refractivity contribution in [3.05, 3.63) is 33.9 Å². The minimum Gasteiger partial charge on any atom is -0.396 e. The van der Waals surface area contributed by atoms with Crippen LogP contribution in [0.5, 0.6) is 0 Å². The maximum absolute atomic E-state index is 11.7. The Bertz CT molecular complexity index is 491. The van der Waals surface area contributed by atoms with Gasteiger partial charge in [-0.05, 0) is 25.8 Å². The number of nitro groups is 1. The van der Waals surface area contributed by atoms with Gasteiger partial charge in [-0.2, -0.15) is 0 Å². The van der Waals surface area contributed by atoms with Crippen LogP contribution in [-0.2, 0) is 6.42 Å². The number of aliphatic hydroxyl groups is 1. The largest absolute Gasteiger partial charge is 0.396 e. The van der Waals surface area contributed by atoms with E-state index in [-0.39, 0.29) is 18.3 Å². The number of hydrogen-bond acceptors (Lipinski definition) is 4. The lowest BCUT2D eigenvalue weighted by atomic mass is 10.1. The lowest BCUT2D eigenvalue weighted by Gasteiger charge is -2.13. The number of aryl methyl sites for hydroxylation is 1. The molecule has 1 aromatic carbocycles. The Labute approximate surface area is 117 Å². The highest BCUT2D eigenvalue weighted by atomic mass is 16.6. The van der Waals surface area contributed by atoms with Gasteiger partial charge in [-0.15, -0.1) is 0 Å². The van der Waals surface area contributed by atoms with Crippen molar-refractivity contribution in [1.29, 1.82) is 0 Å². The van der Waals surface area contributed by atoms with Gasteiger partial charge in [-0.25, -0.2) is 4.79 Å². The molecule has 0 aliphatic carbocycles. The van der Waals surface area contributed by atoms with Gasteiger partial charge in [0.1, 0.15) is 0 Å². The molecule has 0 radical (unpaired) electrons. The van der Waals surface area contributed by atoms with Gasteiger partial charge in [0.15, 0.2) is 0 Å². The summed E-state index contributed by atoms with van der Waals surface area (Å²) in [7, 11) is 0. The summed E-state index contributed by atoms with van der Waals surface area (Å²) in [5.74, 6) is 0. The Balaban J connectivity index is 2.75. The zero-order chi connectivity index (χ0) is 15.1. The highest BCUT2D eigenvalue weighted by Gasteiger charge is 2.14. The molecule has 0 saturated heterocycles. The third-order valence-corrected chi connectivity index (χ3v) is 2.86. The van der Waals surface area contributed by atoms with E-state index < -0.39 is 11.0 Å². The lowest BCUT2D eigenvalue weighted by molar-refractivity contribution is -0.385. The number of nitrogens with zero attached hydrogens (tertiary/aromatic N) is 1. The van der Waals surface area contributed by atoms with Crippen LogP contribution in [0.4, 0.5) is 16.2 Å². The van der Waals surface area contributed by atoms with E-state index in [0.717, 1.165) is 0 Å². The van der Waals surface area contributed by atoms with E-state index in [0.29, 0.717) is 24.1 Å². The van der Waals surface area contributed by atoms with Crippen molar-refractivity contribution in [2.45, 2.75) is 32.7 Å². The smallest absolute Gasteiger partial charge is 0.319 e. The van der Waals surface area contributed by atoms with Crippen molar-refractivity contribution >= 4 is 17.4 Å².